The number of hydrogen-bond acceptors (Lipinski definition) is 7. The average molecular weight is 571 g/mol. The lowest BCUT2D eigenvalue weighted by molar-refractivity contribution is 0.122. The average Bonchev–Trinajstić information content (AvgIpc) is 2.93. The van der Waals surface area contributed by atoms with Gasteiger partial charge in [0, 0.05) is 53.4 Å². The van der Waals surface area contributed by atoms with Gasteiger partial charge < -0.3 is 25.2 Å². The van der Waals surface area contributed by atoms with Crippen LogP contribution in [-0.2, 0) is 20.3 Å². The number of carbonyl (C=O) groups is 1. The Bertz CT molecular complexity index is 1300. The Kier molecular flexibility index (Phi) is 9.55. The first-order valence-corrected chi connectivity index (χ1v) is 14.4. The summed E-state index contributed by atoms with van der Waals surface area (Å²) >= 11 is 6.05. The minimum absolute atomic E-state index is 0.260. The highest BCUT2D eigenvalue weighted by Crippen LogP contribution is 2.34. The molecule has 2 amide bonds. The SMILES string of the molecule is CN(C)CCNC(=O)Nc1ccc(-c2nc(N3CCOCC3)cc(C(C)(C)S(=O)c3ccc(Cl)cc3)n2)cc1. The maximum atomic E-state index is 13.7. The Morgan fingerprint density at radius 1 is 1.08 bits per heavy atom. The van der Waals surface area contributed by atoms with Crippen LogP contribution in [0, 0.1) is 0 Å². The third-order valence-corrected chi connectivity index (χ3v) is 8.49. The van der Waals surface area contributed by atoms with Crippen LogP contribution >= 0.6 is 11.6 Å². The van der Waals surface area contributed by atoms with E-state index in [0.29, 0.717) is 60.0 Å². The molecule has 2 heterocycles. The molecular formula is C28H35ClN6O3S. The van der Waals surface area contributed by atoms with Crippen LogP contribution in [0.5, 0.6) is 0 Å². The van der Waals surface area contributed by atoms with Crippen LogP contribution in [0.2, 0.25) is 5.02 Å². The minimum atomic E-state index is -1.40. The summed E-state index contributed by atoms with van der Waals surface area (Å²) in [6, 6.07) is 16.1. The zero-order chi connectivity index (χ0) is 28.0. The summed E-state index contributed by atoms with van der Waals surface area (Å²) in [7, 11) is 2.51. The fraction of sp³-hybridized carbons (Fsp3) is 0.393. The second kappa shape index (κ2) is 12.9. The van der Waals surface area contributed by atoms with E-state index >= 15 is 0 Å². The minimum Gasteiger partial charge on any atom is -0.378 e. The first-order chi connectivity index (χ1) is 18.6. The Balaban J connectivity index is 1.62. The molecule has 1 fully saturated rings. The molecule has 4 rings (SSSR count). The first kappa shape index (κ1) is 28.9. The van der Waals surface area contributed by atoms with Crippen molar-refractivity contribution in [1.82, 2.24) is 20.2 Å². The van der Waals surface area contributed by atoms with E-state index in [1.165, 1.54) is 0 Å². The predicted molar refractivity (Wildman–Crippen MR) is 157 cm³/mol. The number of anilines is 2. The van der Waals surface area contributed by atoms with Crippen LogP contribution in [0.25, 0.3) is 11.4 Å². The van der Waals surface area contributed by atoms with E-state index in [9.17, 15) is 9.00 Å². The van der Waals surface area contributed by atoms with Crippen LogP contribution in [-0.4, -0.2) is 78.6 Å². The van der Waals surface area contributed by atoms with Crippen LogP contribution in [0.1, 0.15) is 19.5 Å². The van der Waals surface area contributed by atoms with Gasteiger partial charge in [0.05, 0.1) is 34.5 Å². The molecule has 1 aromatic heterocycles. The van der Waals surface area contributed by atoms with Crippen molar-refractivity contribution >= 4 is 39.9 Å². The molecule has 2 N–H and O–H groups in total. The zero-order valence-corrected chi connectivity index (χ0v) is 24.3. The second-order valence-corrected chi connectivity index (χ2v) is 12.5. The molecule has 0 radical (unpaired) electrons. The summed E-state index contributed by atoms with van der Waals surface area (Å²) in [5.41, 5.74) is 2.12. The Labute approximate surface area is 237 Å². The lowest BCUT2D eigenvalue weighted by atomic mass is 10.1. The van der Waals surface area contributed by atoms with Gasteiger partial charge in [0.15, 0.2) is 5.82 Å². The van der Waals surface area contributed by atoms with Crippen LogP contribution in [0.15, 0.2) is 59.5 Å². The molecule has 0 bridgehead atoms. The molecule has 2 aromatic carbocycles. The molecule has 0 spiro atoms. The number of likely N-dealkylation sites (N-methyl/N-ethyl adjacent to an activating group) is 1. The number of nitrogens with zero attached hydrogens (tertiary/aromatic N) is 4. The molecule has 9 nitrogen and oxygen atoms in total. The van der Waals surface area contributed by atoms with Gasteiger partial charge in [0.2, 0.25) is 0 Å². The topological polar surface area (TPSA) is 99.7 Å². The highest BCUT2D eigenvalue weighted by Gasteiger charge is 2.33. The Hall–Kier alpha value is -3.05. The lowest BCUT2D eigenvalue weighted by Crippen LogP contribution is -2.37. The number of aromatic nitrogens is 2. The first-order valence-electron chi connectivity index (χ1n) is 12.8. The fourth-order valence-corrected chi connectivity index (χ4v) is 5.44. The van der Waals surface area contributed by atoms with E-state index in [2.05, 4.69) is 15.5 Å². The standard InChI is InChI=1S/C28H35ClN6O3S/c1-28(2,39(37)23-11-7-21(29)8-12-23)24-19-25(35-15-17-38-18-16-35)33-26(32-24)20-5-9-22(10-6-20)31-27(36)30-13-14-34(3)4/h5-12,19H,13-18H2,1-4H3,(H2,30,31,36). The van der Waals surface area contributed by atoms with Crippen LogP contribution < -0.4 is 15.5 Å². The van der Waals surface area contributed by atoms with Crippen molar-refractivity contribution in [3.63, 3.8) is 0 Å². The Morgan fingerprint density at radius 2 is 1.74 bits per heavy atom. The van der Waals surface area contributed by atoms with Gasteiger partial charge in [0.25, 0.3) is 0 Å². The normalized spacial score (nSPS) is 14.8. The molecule has 3 aromatic rings. The third-order valence-electron chi connectivity index (χ3n) is 6.40. The molecule has 11 heteroatoms. The number of ether oxygens (including phenoxy) is 1. The van der Waals surface area contributed by atoms with E-state index in [1.807, 2.05) is 63.2 Å². The molecule has 1 unspecified atom stereocenters. The maximum absolute atomic E-state index is 13.7. The molecule has 1 aliphatic rings. The monoisotopic (exact) mass is 570 g/mol. The third kappa shape index (κ3) is 7.54. The summed E-state index contributed by atoms with van der Waals surface area (Å²) in [5.74, 6) is 1.29. The molecule has 1 aliphatic heterocycles. The van der Waals surface area contributed by atoms with Gasteiger partial charge in [-0.2, -0.15) is 0 Å². The zero-order valence-electron chi connectivity index (χ0n) is 22.7. The number of morpholine rings is 1. The van der Waals surface area contributed by atoms with Crippen LogP contribution in [0.3, 0.4) is 0 Å². The number of amides is 2. The number of halogens is 1. The number of nitrogens with one attached hydrogen (secondary N) is 2. The van der Waals surface area contributed by atoms with E-state index in [4.69, 9.17) is 26.3 Å². The van der Waals surface area contributed by atoms with Crippen molar-refractivity contribution < 1.29 is 13.7 Å². The summed E-state index contributed by atoms with van der Waals surface area (Å²) < 4.78 is 18.4. The Morgan fingerprint density at radius 3 is 2.38 bits per heavy atom. The maximum Gasteiger partial charge on any atom is 0.319 e. The molecule has 0 aliphatic carbocycles. The van der Waals surface area contributed by atoms with Gasteiger partial charge >= 0.3 is 6.03 Å². The van der Waals surface area contributed by atoms with Crippen molar-refractivity contribution in [3.05, 3.63) is 65.3 Å². The fourth-order valence-electron chi connectivity index (χ4n) is 4.05. The smallest absolute Gasteiger partial charge is 0.319 e. The van der Waals surface area contributed by atoms with Gasteiger partial charge in [-0.25, -0.2) is 14.8 Å². The highest BCUT2D eigenvalue weighted by atomic mass is 35.5. The van der Waals surface area contributed by atoms with Crippen molar-refractivity contribution in [2.75, 3.05) is 63.7 Å². The predicted octanol–water partition coefficient (Wildman–Crippen LogP) is 4.36. The number of urea groups is 1. The summed E-state index contributed by atoms with van der Waals surface area (Å²) in [6.07, 6.45) is 0. The van der Waals surface area contributed by atoms with Gasteiger partial charge in [0.1, 0.15) is 5.82 Å². The quantitative estimate of drug-likeness (QED) is 0.394. The number of rotatable bonds is 9. The molecule has 1 saturated heterocycles. The van der Waals surface area contributed by atoms with Crippen molar-refractivity contribution in [1.29, 1.82) is 0 Å². The van der Waals surface area contributed by atoms with Crippen molar-refractivity contribution in [2.24, 2.45) is 0 Å². The number of hydrogen-bond donors (Lipinski definition) is 2. The summed E-state index contributed by atoms with van der Waals surface area (Å²) in [5, 5.41) is 6.28. The van der Waals surface area contributed by atoms with E-state index in [1.54, 1.807) is 24.3 Å². The van der Waals surface area contributed by atoms with Gasteiger partial charge in [-0.05, 0) is 76.5 Å². The molecule has 208 valence electrons. The van der Waals surface area contributed by atoms with Gasteiger partial charge in [-0.1, -0.05) is 11.6 Å². The molecular weight excluding hydrogens is 536 g/mol. The van der Waals surface area contributed by atoms with E-state index < -0.39 is 15.5 Å². The molecule has 0 saturated carbocycles. The molecule has 1 atom stereocenters. The largest absolute Gasteiger partial charge is 0.378 e. The molecule has 39 heavy (non-hydrogen) atoms. The van der Waals surface area contributed by atoms with Crippen molar-refractivity contribution in [3.8, 4) is 11.4 Å². The van der Waals surface area contributed by atoms with Gasteiger partial charge in [-0.3, -0.25) is 4.21 Å². The second-order valence-electron chi connectivity index (χ2n) is 10.0. The summed E-state index contributed by atoms with van der Waals surface area (Å²) in [4.78, 5) is 26.8. The van der Waals surface area contributed by atoms with Crippen molar-refractivity contribution in [2.45, 2.75) is 23.5 Å². The summed E-state index contributed by atoms with van der Waals surface area (Å²) in [6.45, 7) is 7.81. The number of benzene rings is 2. The van der Waals surface area contributed by atoms with Crippen LogP contribution in [0.4, 0.5) is 16.3 Å². The number of carbonyl (C=O) groups excluding carboxylic acids is 1. The van der Waals surface area contributed by atoms with E-state index in [0.717, 1.165) is 17.9 Å². The van der Waals surface area contributed by atoms with E-state index in [-0.39, 0.29) is 6.03 Å². The lowest BCUT2D eigenvalue weighted by Gasteiger charge is -2.30. The highest BCUT2D eigenvalue weighted by molar-refractivity contribution is 7.86. The van der Waals surface area contributed by atoms with Gasteiger partial charge in [-0.15, -0.1) is 0 Å².